The van der Waals surface area contributed by atoms with Crippen molar-refractivity contribution in [2.75, 3.05) is 25.0 Å². The molecule has 2 aromatic carbocycles. The van der Waals surface area contributed by atoms with Gasteiger partial charge in [0.15, 0.2) is 5.76 Å². The van der Waals surface area contributed by atoms with Gasteiger partial charge in [-0.3, -0.25) is 14.4 Å². The van der Waals surface area contributed by atoms with Gasteiger partial charge in [0.2, 0.25) is 0 Å². The van der Waals surface area contributed by atoms with Crippen molar-refractivity contribution in [2.24, 2.45) is 5.92 Å². The Morgan fingerprint density at radius 2 is 1.72 bits per heavy atom. The van der Waals surface area contributed by atoms with Crippen LogP contribution in [0.15, 0.2) is 59.0 Å². The number of hydrogen-bond donors (Lipinski definition) is 2. The molecule has 7 heteroatoms. The number of likely N-dealkylation sites (tertiary alicyclic amines) is 1. The zero-order valence-electron chi connectivity index (χ0n) is 18.1. The quantitative estimate of drug-likeness (QED) is 0.602. The summed E-state index contributed by atoms with van der Waals surface area (Å²) in [5.74, 6) is -0.869. The lowest BCUT2D eigenvalue weighted by Gasteiger charge is -2.31. The first-order chi connectivity index (χ1) is 15.5. The summed E-state index contributed by atoms with van der Waals surface area (Å²) in [5, 5.41) is 6.24. The lowest BCUT2D eigenvalue weighted by molar-refractivity contribution is -0.136. The zero-order valence-corrected chi connectivity index (χ0v) is 18.1. The number of benzene rings is 2. The Kier molecular flexibility index (Phi) is 6.54. The van der Waals surface area contributed by atoms with Crippen LogP contribution in [0.4, 0.5) is 5.69 Å². The number of furan rings is 1. The van der Waals surface area contributed by atoms with E-state index in [-0.39, 0.29) is 11.8 Å². The molecule has 1 aliphatic heterocycles. The highest BCUT2D eigenvalue weighted by atomic mass is 16.3. The molecule has 0 saturated carbocycles. The predicted octanol–water partition coefficient (Wildman–Crippen LogP) is 3.60. The van der Waals surface area contributed by atoms with Crippen molar-refractivity contribution < 1.29 is 18.8 Å². The van der Waals surface area contributed by atoms with Crippen LogP contribution in [0.5, 0.6) is 0 Å². The molecule has 2 N–H and O–H groups in total. The number of anilines is 1. The van der Waals surface area contributed by atoms with Gasteiger partial charge < -0.3 is 20.0 Å². The molecule has 0 bridgehead atoms. The molecular weight excluding hydrogens is 406 g/mol. The Balaban J connectivity index is 1.22. The third-order valence-corrected chi connectivity index (χ3v) is 5.92. The number of rotatable bonds is 5. The minimum absolute atomic E-state index is 0.114. The Morgan fingerprint density at radius 1 is 1.00 bits per heavy atom. The Labute approximate surface area is 186 Å². The van der Waals surface area contributed by atoms with Gasteiger partial charge in [-0.15, -0.1) is 0 Å². The number of carbonyl (C=O) groups excluding carboxylic acids is 3. The van der Waals surface area contributed by atoms with Crippen LogP contribution in [0.2, 0.25) is 0 Å². The molecule has 1 aromatic heterocycles. The Hall–Kier alpha value is -3.61. The van der Waals surface area contributed by atoms with Crippen LogP contribution in [-0.4, -0.2) is 42.3 Å². The van der Waals surface area contributed by atoms with Crippen LogP contribution in [0, 0.1) is 5.92 Å². The second-order valence-corrected chi connectivity index (χ2v) is 8.10. The van der Waals surface area contributed by atoms with Gasteiger partial charge in [-0.05, 0) is 55.0 Å². The number of para-hydroxylation sites is 1. The van der Waals surface area contributed by atoms with E-state index in [1.807, 2.05) is 36.4 Å². The molecule has 0 unspecified atom stereocenters. The number of hydrogen-bond acceptors (Lipinski definition) is 4. The lowest BCUT2D eigenvalue weighted by Crippen LogP contribution is -2.43. The third kappa shape index (κ3) is 4.99. The van der Waals surface area contributed by atoms with Gasteiger partial charge in [0.05, 0.1) is 0 Å². The summed E-state index contributed by atoms with van der Waals surface area (Å²) >= 11 is 0. The van der Waals surface area contributed by atoms with Crippen LogP contribution in [0.3, 0.4) is 0 Å². The summed E-state index contributed by atoms with van der Waals surface area (Å²) in [5.41, 5.74) is 2.46. The summed E-state index contributed by atoms with van der Waals surface area (Å²) in [6.07, 6.45) is 2.43. The van der Waals surface area contributed by atoms with Crippen molar-refractivity contribution in [3.05, 3.63) is 65.9 Å². The van der Waals surface area contributed by atoms with E-state index in [1.54, 1.807) is 23.1 Å². The molecule has 0 spiro atoms. The van der Waals surface area contributed by atoms with E-state index in [2.05, 4.69) is 17.6 Å². The number of carbonyl (C=O) groups is 3. The second-order valence-electron chi connectivity index (χ2n) is 8.10. The first-order valence-electron chi connectivity index (χ1n) is 11.0. The van der Waals surface area contributed by atoms with Gasteiger partial charge in [-0.2, -0.15) is 0 Å². The summed E-state index contributed by atoms with van der Waals surface area (Å²) < 4.78 is 5.68. The molecule has 0 aliphatic carbocycles. The van der Waals surface area contributed by atoms with Gasteiger partial charge in [-0.25, -0.2) is 0 Å². The lowest BCUT2D eigenvalue weighted by atomic mass is 9.96. The molecule has 32 heavy (non-hydrogen) atoms. The molecule has 3 aromatic rings. The molecule has 2 heterocycles. The van der Waals surface area contributed by atoms with Gasteiger partial charge in [0.1, 0.15) is 5.58 Å². The van der Waals surface area contributed by atoms with Gasteiger partial charge in [-0.1, -0.05) is 37.3 Å². The minimum Gasteiger partial charge on any atom is -0.451 e. The first kappa shape index (κ1) is 21.6. The van der Waals surface area contributed by atoms with E-state index < -0.39 is 11.8 Å². The van der Waals surface area contributed by atoms with Gasteiger partial charge in [0.25, 0.3) is 5.91 Å². The maximum absolute atomic E-state index is 12.8. The van der Waals surface area contributed by atoms with Crippen molar-refractivity contribution in [3.63, 3.8) is 0 Å². The van der Waals surface area contributed by atoms with Crippen molar-refractivity contribution in [1.29, 1.82) is 0 Å². The van der Waals surface area contributed by atoms with Crippen LogP contribution in [0.1, 0.15) is 35.9 Å². The number of piperidine rings is 1. The SMILES string of the molecule is CCc1ccc(NC(=O)C(=O)NCC2CCN(C(=O)c3cc4ccccc4o3)CC2)cc1. The molecule has 3 amide bonds. The number of aryl methyl sites for hydroxylation is 1. The van der Waals surface area contributed by atoms with Crippen molar-refractivity contribution in [3.8, 4) is 0 Å². The van der Waals surface area contributed by atoms with Crippen molar-refractivity contribution >= 4 is 34.4 Å². The second kappa shape index (κ2) is 9.68. The molecule has 7 nitrogen and oxygen atoms in total. The largest absolute Gasteiger partial charge is 0.451 e. The van der Waals surface area contributed by atoms with Crippen LogP contribution >= 0.6 is 0 Å². The highest BCUT2D eigenvalue weighted by Gasteiger charge is 2.26. The average molecular weight is 434 g/mol. The topological polar surface area (TPSA) is 91.7 Å². The molecule has 1 fully saturated rings. The van der Waals surface area contributed by atoms with Crippen LogP contribution in [0.25, 0.3) is 11.0 Å². The zero-order chi connectivity index (χ0) is 22.5. The summed E-state index contributed by atoms with van der Waals surface area (Å²) in [6, 6.07) is 16.8. The normalized spacial score (nSPS) is 14.3. The molecule has 1 aliphatic rings. The van der Waals surface area contributed by atoms with E-state index in [0.29, 0.717) is 36.7 Å². The fourth-order valence-electron chi connectivity index (χ4n) is 3.91. The fraction of sp³-hybridized carbons (Fsp3) is 0.320. The van der Waals surface area contributed by atoms with Crippen LogP contribution < -0.4 is 10.6 Å². The monoisotopic (exact) mass is 433 g/mol. The molecule has 166 valence electrons. The molecule has 4 rings (SSSR count). The molecule has 0 radical (unpaired) electrons. The van der Waals surface area contributed by atoms with E-state index in [0.717, 1.165) is 30.2 Å². The number of amides is 3. The number of fused-ring (bicyclic) bond motifs is 1. The number of nitrogens with one attached hydrogen (secondary N) is 2. The average Bonchev–Trinajstić information content (AvgIpc) is 3.27. The Bertz CT molecular complexity index is 1080. The van der Waals surface area contributed by atoms with E-state index in [9.17, 15) is 14.4 Å². The predicted molar refractivity (Wildman–Crippen MR) is 122 cm³/mol. The maximum Gasteiger partial charge on any atom is 0.313 e. The summed E-state index contributed by atoms with van der Waals surface area (Å²) in [4.78, 5) is 38.8. The molecule has 1 saturated heterocycles. The highest BCUT2D eigenvalue weighted by molar-refractivity contribution is 6.39. The minimum atomic E-state index is -0.674. The Morgan fingerprint density at radius 3 is 2.41 bits per heavy atom. The van der Waals surface area contributed by atoms with Crippen molar-refractivity contribution in [1.82, 2.24) is 10.2 Å². The van der Waals surface area contributed by atoms with E-state index >= 15 is 0 Å². The van der Waals surface area contributed by atoms with E-state index in [4.69, 9.17) is 4.42 Å². The van der Waals surface area contributed by atoms with Crippen molar-refractivity contribution in [2.45, 2.75) is 26.2 Å². The highest BCUT2D eigenvalue weighted by Crippen LogP contribution is 2.23. The van der Waals surface area contributed by atoms with Gasteiger partial charge in [0, 0.05) is 30.7 Å². The standard InChI is InChI=1S/C25H27N3O4/c1-2-17-7-9-20(10-8-17)27-24(30)23(29)26-16-18-11-13-28(14-12-18)25(31)22-15-19-5-3-4-6-21(19)32-22/h3-10,15,18H,2,11-14,16H2,1H3,(H,26,29)(H,27,30). The van der Waals surface area contributed by atoms with Gasteiger partial charge >= 0.3 is 11.8 Å². The molecule has 0 atom stereocenters. The van der Waals surface area contributed by atoms with Crippen LogP contribution in [-0.2, 0) is 16.0 Å². The molecular formula is C25H27N3O4. The number of nitrogens with zero attached hydrogens (tertiary/aromatic N) is 1. The fourth-order valence-corrected chi connectivity index (χ4v) is 3.91. The summed E-state index contributed by atoms with van der Waals surface area (Å²) in [7, 11) is 0. The summed E-state index contributed by atoms with van der Waals surface area (Å²) in [6.45, 7) is 3.65. The smallest absolute Gasteiger partial charge is 0.313 e. The first-order valence-corrected chi connectivity index (χ1v) is 11.0. The third-order valence-electron chi connectivity index (χ3n) is 5.92. The maximum atomic E-state index is 12.8. The van der Waals surface area contributed by atoms with E-state index in [1.165, 1.54) is 0 Å².